The second kappa shape index (κ2) is 6.36. The number of ether oxygens (including phenoxy) is 1. The summed E-state index contributed by atoms with van der Waals surface area (Å²) >= 11 is 0. The van der Waals surface area contributed by atoms with Crippen molar-refractivity contribution < 1.29 is 9.84 Å². The van der Waals surface area contributed by atoms with Gasteiger partial charge in [-0.15, -0.1) is 0 Å². The van der Waals surface area contributed by atoms with Gasteiger partial charge in [-0.25, -0.2) is 0 Å². The van der Waals surface area contributed by atoms with Crippen molar-refractivity contribution in [3.63, 3.8) is 0 Å². The Morgan fingerprint density at radius 1 is 1.20 bits per heavy atom. The van der Waals surface area contributed by atoms with E-state index >= 15 is 0 Å². The number of nitrogens with zero attached hydrogens (tertiary/aromatic N) is 2. The third-order valence-corrected chi connectivity index (χ3v) is 5.71. The molecule has 0 aliphatic carbocycles. The zero-order valence-corrected chi connectivity index (χ0v) is 15.0. The summed E-state index contributed by atoms with van der Waals surface area (Å²) in [6.07, 6.45) is 1.27. The van der Waals surface area contributed by atoms with Crippen LogP contribution in [0.5, 0.6) is 5.75 Å². The molecule has 0 bridgehead atoms. The third kappa shape index (κ3) is 2.60. The number of aliphatic hydroxyl groups excluding tert-OH is 1. The molecule has 1 saturated heterocycles. The second-order valence-corrected chi connectivity index (χ2v) is 7.22. The molecule has 2 aliphatic rings. The Morgan fingerprint density at radius 3 is 2.72 bits per heavy atom. The average Bonchev–Trinajstić information content (AvgIpc) is 3.08. The molecule has 2 atom stereocenters. The van der Waals surface area contributed by atoms with Gasteiger partial charge in [-0.05, 0) is 42.7 Å². The Hall–Kier alpha value is -2.04. The summed E-state index contributed by atoms with van der Waals surface area (Å²) < 4.78 is 5.72. The number of benzene rings is 2. The number of aliphatic hydroxyl groups is 1. The smallest absolute Gasteiger partial charge is 0.119 e. The van der Waals surface area contributed by atoms with Crippen LogP contribution in [0.3, 0.4) is 0 Å². The summed E-state index contributed by atoms with van der Waals surface area (Å²) in [4.78, 5) is 4.63. The number of anilines is 1. The number of hydrogen-bond donors (Lipinski definition) is 1. The monoisotopic (exact) mass is 338 g/mol. The van der Waals surface area contributed by atoms with Gasteiger partial charge in [0.05, 0.1) is 12.8 Å². The van der Waals surface area contributed by atoms with Crippen molar-refractivity contribution in [1.82, 2.24) is 4.90 Å². The standard InChI is InChI=1S/C21H26N2O2/c1-3-25-17-9-10-19-18(13-17)21(2)11-12-22(20(21)23(19)15-24)14-16-7-5-4-6-8-16/h4-10,13,20,24H,3,11-12,14-15H2,1-2H3. The van der Waals surface area contributed by atoms with Gasteiger partial charge in [0.25, 0.3) is 0 Å². The Kier molecular flexibility index (Phi) is 4.18. The summed E-state index contributed by atoms with van der Waals surface area (Å²) in [5.74, 6) is 0.919. The van der Waals surface area contributed by atoms with E-state index in [0.717, 1.165) is 30.9 Å². The summed E-state index contributed by atoms with van der Waals surface area (Å²) in [5.41, 5.74) is 3.76. The Labute approximate surface area is 149 Å². The van der Waals surface area contributed by atoms with E-state index in [2.05, 4.69) is 59.2 Å². The van der Waals surface area contributed by atoms with Crippen LogP contribution >= 0.6 is 0 Å². The molecule has 4 heteroatoms. The maximum Gasteiger partial charge on any atom is 0.119 e. The molecule has 0 saturated carbocycles. The first kappa shape index (κ1) is 16.4. The summed E-state index contributed by atoms with van der Waals surface area (Å²) in [5, 5.41) is 10.1. The Bertz CT molecular complexity index is 749. The number of hydrogen-bond acceptors (Lipinski definition) is 4. The molecule has 0 spiro atoms. The van der Waals surface area contributed by atoms with Crippen molar-refractivity contribution in [3.8, 4) is 5.75 Å². The molecule has 0 aromatic heterocycles. The minimum atomic E-state index is 0.0138. The fourth-order valence-electron chi connectivity index (χ4n) is 4.59. The highest BCUT2D eigenvalue weighted by Crippen LogP contribution is 2.52. The van der Waals surface area contributed by atoms with Crippen LogP contribution in [0.4, 0.5) is 5.69 Å². The van der Waals surface area contributed by atoms with Gasteiger partial charge in [0.1, 0.15) is 12.5 Å². The Morgan fingerprint density at radius 2 is 2.00 bits per heavy atom. The van der Waals surface area contributed by atoms with Crippen molar-refractivity contribution in [1.29, 1.82) is 0 Å². The van der Waals surface area contributed by atoms with E-state index in [1.54, 1.807) is 0 Å². The van der Waals surface area contributed by atoms with E-state index in [1.807, 2.05) is 13.0 Å². The van der Waals surface area contributed by atoms with Crippen LogP contribution in [0, 0.1) is 0 Å². The fraction of sp³-hybridized carbons (Fsp3) is 0.429. The molecule has 0 amide bonds. The minimum absolute atomic E-state index is 0.0138. The highest BCUT2D eigenvalue weighted by molar-refractivity contribution is 5.66. The zero-order valence-electron chi connectivity index (χ0n) is 15.0. The highest BCUT2D eigenvalue weighted by atomic mass is 16.5. The van der Waals surface area contributed by atoms with Crippen molar-refractivity contribution in [2.24, 2.45) is 0 Å². The summed E-state index contributed by atoms with van der Waals surface area (Å²) in [6.45, 7) is 6.98. The Balaban J connectivity index is 1.69. The van der Waals surface area contributed by atoms with Gasteiger partial charge in [-0.3, -0.25) is 4.90 Å². The summed E-state index contributed by atoms with van der Waals surface area (Å²) in [6, 6.07) is 16.9. The van der Waals surface area contributed by atoms with Gasteiger partial charge in [0, 0.05) is 24.2 Å². The van der Waals surface area contributed by atoms with E-state index in [4.69, 9.17) is 4.74 Å². The van der Waals surface area contributed by atoms with Crippen molar-refractivity contribution in [2.45, 2.75) is 38.4 Å². The topological polar surface area (TPSA) is 35.9 Å². The van der Waals surface area contributed by atoms with Crippen LogP contribution in [0.1, 0.15) is 31.4 Å². The molecule has 2 heterocycles. The normalized spacial score (nSPS) is 25.1. The van der Waals surface area contributed by atoms with Crippen molar-refractivity contribution in [2.75, 3.05) is 24.8 Å². The van der Waals surface area contributed by atoms with E-state index in [-0.39, 0.29) is 18.3 Å². The maximum atomic E-state index is 10.1. The fourth-order valence-corrected chi connectivity index (χ4v) is 4.59. The lowest BCUT2D eigenvalue weighted by Crippen LogP contribution is -2.48. The van der Waals surface area contributed by atoms with E-state index in [0.29, 0.717) is 6.61 Å². The number of likely N-dealkylation sites (tertiary alicyclic amines) is 1. The van der Waals surface area contributed by atoms with Gasteiger partial charge in [0.15, 0.2) is 0 Å². The highest BCUT2D eigenvalue weighted by Gasteiger charge is 2.54. The van der Waals surface area contributed by atoms with Crippen LogP contribution in [-0.4, -0.2) is 36.1 Å². The third-order valence-electron chi connectivity index (χ3n) is 5.71. The second-order valence-electron chi connectivity index (χ2n) is 7.22. The van der Waals surface area contributed by atoms with Gasteiger partial charge in [0.2, 0.25) is 0 Å². The first-order valence-corrected chi connectivity index (χ1v) is 9.10. The van der Waals surface area contributed by atoms with Crippen LogP contribution in [0.2, 0.25) is 0 Å². The van der Waals surface area contributed by atoms with Crippen LogP contribution in [0.25, 0.3) is 0 Å². The van der Waals surface area contributed by atoms with Crippen LogP contribution in [0.15, 0.2) is 48.5 Å². The van der Waals surface area contributed by atoms with Crippen LogP contribution in [-0.2, 0) is 12.0 Å². The molecular weight excluding hydrogens is 312 g/mol. The lowest BCUT2D eigenvalue weighted by atomic mass is 9.81. The lowest BCUT2D eigenvalue weighted by molar-refractivity contribution is 0.172. The molecule has 25 heavy (non-hydrogen) atoms. The minimum Gasteiger partial charge on any atom is -0.494 e. The SMILES string of the molecule is CCOc1ccc2c(c1)C1(C)CCN(Cc3ccccc3)C1N2CO. The average molecular weight is 338 g/mol. The quantitative estimate of drug-likeness (QED) is 0.907. The van der Waals surface area contributed by atoms with Gasteiger partial charge in [-0.2, -0.15) is 0 Å². The van der Waals surface area contributed by atoms with Crippen LogP contribution < -0.4 is 9.64 Å². The molecule has 4 rings (SSSR count). The first-order chi connectivity index (χ1) is 12.2. The molecule has 2 unspecified atom stereocenters. The molecule has 1 N–H and O–H groups in total. The van der Waals surface area contributed by atoms with Crippen molar-refractivity contribution >= 4 is 5.69 Å². The zero-order chi connectivity index (χ0) is 17.4. The largest absolute Gasteiger partial charge is 0.494 e. The van der Waals surface area contributed by atoms with Gasteiger partial charge in [-0.1, -0.05) is 37.3 Å². The molecule has 4 nitrogen and oxygen atoms in total. The molecule has 0 radical (unpaired) electrons. The molecule has 132 valence electrons. The molecule has 2 aromatic carbocycles. The van der Waals surface area contributed by atoms with Gasteiger partial charge >= 0.3 is 0 Å². The van der Waals surface area contributed by atoms with Crippen molar-refractivity contribution in [3.05, 3.63) is 59.7 Å². The van der Waals surface area contributed by atoms with E-state index in [9.17, 15) is 5.11 Å². The van der Waals surface area contributed by atoms with E-state index < -0.39 is 0 Å². The number of rotatable bonds is 5. The maximum absolute atomic E-state index is 10.1. The summed E-state index contributed by atoms with van der Waals surface area (Å²) in [7, 11) is 0. The predicted molar refractivity (Wildman–Crippen MR) is 99.8 cm³/mol. The van der Waals surface area contributed by atoms with Gasteiger partial charge < -0.3 is 14.7 Å². The lowest BCUT2D eigenvalue weighted by Gasteiger charge is -2.35. The molecule has 1 fully saturated rings. The molecule has 2 aliphatic heterocycles. The van der Waals surface area contributed by atoms with E-state index in [1.165, 1.54) is 11.1 Å². The predicted octanol–water partition coefficient (Wildman–Crippen LogP) is 3.34. The molecule has 2 aromatic rings. The first-order valence-electron chi connectivity index (χ1n) is 9.10. The number of fused-ring (bicyclic) bond motifs is 3. The molecular formula is C21H26N2O2.